The molecular weight excluding hydrogens is 256 g/mol. The van der Waals surface area contributed by atoms with Crippen LogP contribution in [-0.2, 0) is 0 Å². The number of hydrogen-bond donors (Lipinski definition) is 1. The van der Waals surface area contributed by atoms with Gasteiger partial charge in [-0.2, -0.15) is 0 Å². The molecule has 1 heterocycles. The number of benzene rings is 2. The van der Waals surface area contributed by atoms with Gasteiger partial charge in [-0.25, -0.2) is 0 Å². The van der Waals surface area contributed by atoms with E-state index in [0.717, 1.165) is 10.9 Å². The zero-order chi connectivity index (χ0) is 14.1. The standard InChI is InChI=1S/C16H14O4/c1-18-13-5-3-4-11-9-14(20-16(11)13)10-6-7-12(17)15(8-10)19-2/h3-9,17H,1-2H3. The molecule has 4 heteroatoms. The molecule has 3 rings (SSSR count). The molecule has 0 aliphatic heterocycles. The second-order valence-corrected chi connectivity index (χ2v) is 4.38. The maximum atomic E-state index is 9.63. The van der Waals surface area contributed by atoms with Gasteiger partial charge in [0.15, 0.2) is 22.8 Å². The summed E-state index contributed by atoms with van der Waals surface area (Å²) in [6.45, 7) is 0. The number of hydrogen-bond acceptors (Lipinski definition) is 4. The van der Waals surface area contributed by atoms with E-state index < -0.39 is 0 Å². The number of methoxy groups -OCH3 is 2. The third-order valence-corrected chi connectivity index (χ3v) is 3.19. The number of fused-ring (bicyclic) bond motifs is 1. The molecule has 0 aliphatic rings. The molecule has 3 aromatic rings. The maximum Gasteiger partial charge on any atom is 0.176 e. The summed E-state index contributed by atoms with van der Waals surface area (Å²) in [6.07, 6.45) is 0. The summed E-state index contributed by atoms with van der Waals surface area (Å²) < 4.78 is 16.2. The molecule has 0 fully saturated rings. The van der Waals surface area contributed by atoms with Crippen LogP contribution in [0.1, 0.15) is 0 Å². The van der Waals surface area contributed by atoms with Crippen molar-refractivity contribution in [3.63, 3.8) is 0 Å². The third-order valence-electron chi connectivity index (χ3n) is 3.19. The van der Waals surface area contributed by atoms with Crippen molar-refractivity contribution in [3.05, 3.63) is 42.5 Å². The second-order valence-electron chi connectivity index (χ2n) is 4.38. The highest BCUT2D eigenvalue weighted by molar-refractivity contribution is 5.87. The van der Waals surface area contributed by atoms with Crippen LogP contribution in [0, 0.1) is 0 Å². The Kier molecular flexibility index (Phi) is 2.99. The zero-order valence-electron chi connectivity index (χ0n) is 11.2. The van der Waals surface area contributed by atoms with Gasteiger partial charge in [-0.05, 0) is 30.3 Å². The Labute approximate surface area is 116 Å². The van der Waals surface area contributed by atoms with Crippen molar-refractivity contribution in [2.75, 3.05) is 14.2 Å². The second kappa shape index (κ2) is 4.81. The lowest BCUT2D eigenvalue weighted by atomic mass is 10.1. The Morgan fingerprint density at radius 3 is 2.50 bits per heavy atom. The molecular formula is C16H14O4. The van der Waals surface area contributed by atoms with Gasteiger partial charge >= 0.3 is 0 Å². The topological polar surface area (TPSA) is 51.8 Å². The summed E-state index contributed by atoms with van der Waals surface area (Å²) in [5.41, 5.74) is 1.54. The molecule has 4 nitrogen and oxygen atoms in total. The van der Waals surface area contributed by atoms with E-state index >= 15 is 0 Å². The molecule has 1 aromatic heterocycles. The van der Waals surface area contributed by atoms with Crippen molar-refractivity contribution in [3.8, 4) is 28.6 Å². The number of phenols is 1. The van der Waals surface area contributed by atoms with Crippen molar-refractivity contribution >= 4 is 11.0 Å². The predicted molar refractivity (Wildman–Crippen MR) is 76.4 cm³/mol. The Balaban J connectivity index is 2.15. The van der Waals surface area contributed by atoms with E-state index in [4.69, 9.17) is 13.9 Å². The van der Waals surface area contributed by atoms with Gasteiger partial charge in [0, 0.05) is 10.9 Å². The first-order chi connectivity index (χ1) is 9.72. The van der Waals surface area contributed by atoms with Crippen LogP contribution in [0.3, 0.4) is 0 Å². The molecule has 2 aromatic carbocycles. The number of aromatic hydroxyl groups is 1. The largest absolute Gasteiger partial charge is 0.504 e. The molecule has 102 valence electrons. The summed E-state index contributed by atoms with van der Waals surface area (Å²) in [5.74, 6) is 1.90. The minimum absolute atomic E-state index is 0.102. The highest BCUT2D eigenvalue weighted by atomic mass is 16.5. The number of furan rings is 1. The average molecular weight is 270 g/mol. The van der Waals surface area contributed by atoms with Gasteiger partial charge in [-0.1, -0.05) is 12.1 Å². The Bertz CT molecular complexity index is 758. The van der Waals surface area contributed by atoms with Gasteiger partial charge in [0.1, 0.15) is 5.76 Å². The summed E-state index contributed by atoms with van der Waals surface area (Å²) in [7, 11) is 3.13. The number of rotatable bonds is 3. The van der Waals surface area contributed by atoms with Gasteiger partial charge in [0.25, 0.3) is 0 Å². The first-order valence-corrected chi connectivity index (χ1v) is 6.17. The monoisotopic (exact) mass is 270 g/mol. The summed E-state index contributed by atoms with van der Waals surface area (Å²) >= 11 is 0. The van der Waals surface area contributed by atoms with Crippen molar-refractivity contribution in [1.29, 1.82) is 0 Å². The molecule has 0 unspecified atom stereocenters. The number of phenolic OH excluding ortho intramolecular Hbond substituents is 1. The van der Waals surface area contributed by atoms with Gasteiger partial charge in [-0.3, -0.25) is 0 Å². The highest BCUT2D eigenvalue weighted by Gasteiger charge is 2.12. The van der Waals surface area contributed by atoms with E-state index in [2.05, 4.69) is 0 Å². The summed E-state index contributed by atoms with van der Waals surface area (Å²) in [4.78, 5) is 0. The first-order valence-electron chi connectivity index (χ1n) is 6.17. The van der Waals surface area contributed by atoms with Gasteiger partial charge in [-0.15, -0.1) is 0 Å². The van der Waals surface area contributed by atoms with Crippen LogP contribution in [0.2, 0.25) is 0 Å². The Hall–Kier alpha value is -2.62. The quantitative estimate of drug-likeness (QED) is 0.786. The van der Waals surface area contributed by atoms with Crippen LogP contribution in [0.15, 0.2) is 46.9 Å². The third kappa shape index (κ3) is 1.95. The molecule has 0 saturated carbocycles. The molecule has 0 radical (unpaired) electrons. The lowest BCUT2D eigenvalue weighted by molar-refractivity contribution is 0.373. The SMILES string of the molecule is COc1cc(-c2cc3cccc(OC)c3o2)ccc1O. The normalized spacial score (nSPS) is 10.7. The first kappa shape index (κ1) is 12.4. The van der Waals surface area contributed by atoms with Crippen molar-refractivity contribution in [2.24, 2.45) is 0 Å². The molecule has 0 spiro atoms. The van der Waals surface area contributed by atoms with E-state index in [1.54, 1.807) is 25.3 Å². The van der Waals surface area contributed by atoms with E-state index in [0.29, 0.717) is 22.8 Å². The summed E-state index contributed by atoms with van der Waals surface area (Å²) in [6, 6.07) is 12.8. The van der Waals surface area contributed by atoms with E-state index in [9.17, 15) is 5.11 Å². The van der Waals surface area contributed by atoms with E-state index in [-0.39, 0.29) is 5.75 Å². The fourth-order valence-electron chi connectivity index (χ4n) is 2.17. The smallest absolute Gasteiger partial charge is 0.176 e. The van der Waals surface area contributed by atoms with Crippen LogP contribution in [-0.4, -0.2) is 19.3 Å². The number of ether oxygens (including phenoxy) is 2. The van der Waals surface area contributed by atoms with Crippen molar-refractivity contribution in [2.45, 2.75) is 0 Å². The maximum absolute atomic E-state index is 9.63. The molecule has 0 amide bonds. The van der Waals surface area contributed by atoms with Crippen LogP contribution in [0.4, 0.5) is 0 Å². The van der Waals surface area contributed by atoms with Crippen molar-refractivity contribution < 1.29 is 19.0 Å². The molecule has 1 N–H and O–H groups in total. The van der Waals surface area contributed by atoms with Gasteiger partial charge in [0.2, 0.25) is 0 Å². The predicted octanol–water partition coefficient (Wildman–Crippen LogP) is 3.82. The van der Waals surface area contributed by atoms with Crippen LogP contribution in [0.5, 0.6) is 17.2 Å². The average Bonchev–Trinajstić information content (AvgIpc) is 2.91. The molecule has 20 heavy (non-hydrogen) atoms. The summed E-state index contributed by atoms with van der Waals surface area (Å²) in [5, 5.41) is 10.6. The number of para-hydroxylation sites is 1. The van der Waals surface area contributed by atoms with Crippen LogP contribution in [0.25, 0.3) is 22.3 Å². The fraction of sp³-hybridized carbons (Fsp3) is 0.125. The zero-order valence-corrected chi connectivity index (χ0v) is 11.2. The highest BCUT2D eigenvalue weighted by Crippen LogP contribution is 2.36. The van der Waals surface area contributed by atoms with Crippen molar-refractivity contribution in [1.82, 2.24) is 0 Å². The molecule has 0 atom stereocenters. The lowest BCUT2D eigenvalue weighted by Crippen LogP contribution is -1.84. The van der Waals surface area contributed by atoms with E-state index in [1.807, 2.05) is 24.3 Å². The van der Waals surface area contributed by atoms with E-state index in [1.165, 1.54) is 7.11 Å². The molecule has 0 bridgehead atoms. The van der Waals surface area contributed by atoms with Gasteiger partial charge in [0.05, 0.1) is 14.2 Å². The Morgan fingerprint density at radius 1 is 0.950 bits per heavy atom. The minimum atomic E-state index is 0.102. The lowest BCUT2D eigenvalue weighted by Gasteiger charge is -2.04. The Morgan fingerprint density at radius 2 is 1.75 bits per heavy atom. The van der Waals surface area contributed by atoms with Gasteiger partial charge < -0.3 is 19.0 Å². The molecule has 0 aliphatic carbocycles. The molecule has 0 saturated heterocycles. The van der Waals surface area contributed by atoms with Crippen LogP contribution >= 0.6 is 0 Å². The van der Waals surface area contributed by atoms with Crippen LogP contribution < -0.4 is 9.47 Å². The fourth-order valence-corrected chi connectivity index (χ4v) is 2.17. The minimum Gasteiger partial charge on any atom is -0.504 e.